The van der Waals surface area contributed by atoms with Gasteiger partial charge in [0, 0.05) is 9.78 Å². The Labute approximate surface area is 198 Å². The molecule has 168 valence electrons. The van der Waals surface area contributed by atoms with Gasteiger partial charge in [-0.2, -0.15) is 0 Å². The molecule has 3 unspecified atom stereocenters. The lowest BCUT2D eigenvalue weighted by Crippen LogP contribution is -2.71. The Hall–Kier alpha value is -2.48. The molecule has 0 radical (unpaired) electrons. The zero-order valence-electron chi connectivity index (χ0n) is 16.4. The van der Waals surface area contributed by atoms with Gasteiger partial charge in [0.15, 0.2) is 5.13 Å². The van der Waals surface area contributed by atoms with Gasteiger partial charge in [-0.05, 0) is 37.1 Å². The van der Waals surface area contributed by atoms with Gasteiger partial charge in [-0.3, -0.25) is 14.5 Å². The summed E-state index contributed by atoms with van der Waals surface area (Å²) in [7, 11) is 0. The lowest BCUT2D eigenvalue weighted by atomic mass is 9.86. The molecule has 2 aromatic heterocycles. The van der Waals surface area contributed by atoms with Crippen molar-refractivity contribution in [3.8, 4) is 0 Å². The third-order valence-electron chi connectivity index (χ3n) is 5.07. The first kappa shape index (κ1) is 22.7. The minimum atomic E-state index is -1.57. The molecule has 14 heteroatoms. The smallest absolute Gasteiger partial charge is 0.353 e. The molecule has 2 amide bonds. The zero-order valence-corrected chi connectivity index (χ0v) is 19.6. The predicted molar refractivity (Wildman–Crippen MR) is 121 cm³/mol. The van der Waals surface area contributed by atoms with Crippen LogP contribution in [0.15, 0.2) is 32.1 Å². The Morgan fingerprint density at radius 1 is 1.44 bits per heavy atom. The minimum absolute atomic E-state index is 0.0584. The molecule has 0 bridgehead atoms. The molecule has 1 saturated heterocycles. The standard InChI is InChI=1S/C18H16ClN5O5S3/c1-6-2-5-9(30-6)31-8-4-3-7-10(16(26)24(7)13(8)17(27)28)21-15(25)12(23-29)11-14(19)32-18(20)22-11/h2,5,7,10,12H,3-4H2,1H3,(H2,20,22)(H,21,25)(H,27,28). The Bertz CT molecular complexity index is 1160. The number of thiazole rings is 1. The van der Waals surface area contributed by atoms with E-state index in [0.29, 0.717) is 17.7 Å². The van der Waals surface area contributed by atoms with Crippen LogP contribution in [-0.2, 0) is 14.4 Å². The second-order valence-corrected chi connectivity index (χ2v) is 11.4. The molecular weight excluding hydrogens is 498 g/mol. The number of thioether (sulfide) groups is 1. The van der Waals surface area contributed by atoms with Crippen LogP contribution in [0.25, 0.3) is 0 Å². The molecule has 0 aromatic carbocycles. The molecule has 0 spiro atoms. The van der Waals surface area contributed by atoms with Gasteiger partial charge in [-0.15, -0.1) is 16.2 Å². The average Bonchev–Trinajstić information content (AvgIpc) is 3.30. The number of amides is 2. The van der Waals surface area contributed by atoms with Crippen LogP contribution in [-0.4, -0.2) is 44.9 Å². The molecule has 4 rings (SSSR count). The number of anilines is 1. The normalized spacial score (nSPS) is 21.1. The Morgan fingerprint density at radius 2 is 2.19 bits per heavy atom. The van der Waals surface area contributed by atoms with Crippen molar-refractivity contribution < 1.29 is 19.5 Å². The van der Waals surface area contributed by atoms with Gasteiger partial charge in [0.25, 0.3) is 11.8 Å². The number of nitrogens with two attached hydrogens (primary N) is 1. The van der Waals surface area contributed by atoms with Gasteiger partial charge in [0.05, 0.1) is 10.3 Å². The lowest BCUT2D eigenvalue weighted by molar-refractivity contribution is -0.156. The minimum Gasteiger partial charge on any atom is -0.477 e. The highest BCUT2D eigenvalue weighted by atomic mass is 35.5. The van der Waals surface area contributed by atoms with Gasteiger partial charge in [-0.25, -0.2) is 9.78 Å². The molecule has 10 nitrogen and oxygen atoms in total. The Kier molecular flexibility index (Phi) is 6.25. The number of hydrogen-bond donors (Lipinski definition) is 3. The number of carboxylic acids is 1. The fourth-order valence-electron chi connectivity index (χ4n) is 3.67. The first-order chi connectivity index (χ1) is 15.2. The number of carbonyl (C=O) groups is 3. The van der Waals surface area contributed by atoms with Crippen LogP contribution >= 0.6 is 46.0 Å². The van der Waals surface area contributed by atoms with E-state index in [1.54, 1.807) is 11.3 Å². The third kappa shape index (κ3) is 4.00. The van der Waals surface area contributed by atoms with Gasteiger partial charge in [0.2, 0.25) is 6.04 Å². The number of nitrogens with one attached hydrogen (secondary N) is 1. The number of halogens is 1. The van der Waals surface area contributed by atoms with E-state index in [-0.39, 0.29) is 20.9 Å². The molecule has 4 heterocycles. The molecule has 3 atom stereocenters. The Balaban J connectivity index is 1.52. The summed E-state index contributed by atoms with van der Waals surface area (Å²) >= 11 is 9.75. The van der Waals surface area contributed by atoms with Crippen LogP contribution in [0.3, 0.4) is 0 Å². The van der Waals surface area contributed by atoms with Gasteiger partial charge >= 0.3 is 5.97 Å². The number of hydrogen-bond acceptors (Lipinski definition) is 10. The summed E-state index contributed by atoms with van der Waals surface area (Å²) in [6.45, 7) is 1.96. The van der Waals surface area contributed by atoms with E-state index in [9.17, 15) is 24.4 Å². The summed E-state index contributed by atoms with van der Waals surface area (Å²) in [5.41, 5.74) is 5.40. The van der Waals surface area contributed by atoms with Crippen molar-refractivity contribution in [3.63, 3.8) is 0 Å². The number of carboxylic acid groups (broad SMARTS) is 1. The van der Waals surface area contributed by atoms with E-state index < -0.39 is 35.9 Å². The van der Waals surface area contributed by atoms with Crippen LogP contribution < -0.4 is 11.1 Å². The monoisotopic (exact) mass is 513 g/mol. The van der Waals surface area contributed by atoms with Crippen LogP contribution in [0.2, 0.25) is 4.34 Å². The number of thiophene rings is 1. The second kappa shape index (κ2) is 8.81. The number of aliphatic carboxylic acids is 1. The maximum Gasteiger partial charge on any atom is 0.353 e. The van der Waals surface area contributed by atoms with Gasteiger partial charge in [0.1, 0.15) is 21.8 Å². The van der Waals surface area contributed by atoms with Crippen molar-refractivity contribution in [3.05, 3.63) is 42.5 Å². The first-order valence-electron chi connectivity index (χ1n) is 9.29. The summed E-state index contributed by atoms with van der Waals surface area (Å²) in [4.78, 5) is 55.5. The van der Waals surface area contributed by atoms with E-state index in [1.165, 1.54) is 16.7 Å². The van der Waals surface area contributed by atoms with Crippen LogP contribution in [0.1, 0.15) is 29.5 Å². The highest BCUT2D eigenvalue weighted by Crippen LogP contribution is 2.44. The maximum absolute atomic E-state index is 12.8. The van der Waals surface area contributed by atoms with Crippen molar-refractivity contribution in [1.82, 2.24) is 15.2 Å². The maximum atomic E-state index is 12.8. The topological polar surface area (TPSA) is 155 Å². The third-order valence-corrected chi connectivity index (χ3v) is 8.46. The van der Waals surface area contributed by atoms with E-state index >= 15 is 0 Å². The SMILES string of the molecule is Cc1ccc(SC2=C(C(=O)O)N3C(=O)C(NC(=O)C(N=O)c4nc(N)sc4Cl)C3CC2)s1. The number of carbonyl (C=O) groups excluding carboxylic acids is 2. The quantitative estimate of drug-likeness (QED) is 0.376. The van der Waals surface area contributed by atoms with Gasteiger partial charge < -0.3 is 16.2 Å². The van der Waals surface area contributed by atoms with Crippen LogP contribution in [0.4, 0.5) is 5.13 Å². The number of nitroso groups, excluding NO2 is 1. The number of fused-ring (bicyclic) bond motifs is 1. The van der Waals surface area contributed by atoms with Crippen LogP contribution in [0.5, 0.6) is 0 Å². The molecule has 0 saturated carbocycles. The van der Waals surface area contributed by atoms with Crippen molar-refractivity contribution in [2.24, 2.45) is 5.18 Å². The molecule has 2 aliphatic rings. The molecule has 2 aliphatic heterocycles. The molecule has 2 aromatic rings. The van der Waals surface area contributed by atoms with E-state index in [1.807, 2.05) is 19.1 Å². The highest BCUT2D eigenvalue weighted by molar-refractivity contribution is 8.04. The van der Waals surface area contributed by atoms with Gasteiger partial charge in [-0.1, -0.05) is 34.7 Å². The largest absolute Gasteiger partial charge is 0.477 e. The summed E-state index contributed by atoms with van der Waals surface area (Å²) in [6, 6.07) is 0.790. The fraction of sp³-hybridized carbons (Fsp3) is 0.333. The van der Waals surface area contributed by atoms with Crippen LogP contribution in [0, 0.1) is 11.8 Å². The summed E-state index contributed by atoms with van der Waals surface area (Å²) in [5.74, 6) is -2.62. The summed E-state index contributed by atoms with van der Waals surface area (Å²) in [6.07, 6.45) is 0.900. The number of β-lactam (4-membered cyclic amide) rings is 1. The molecular formula is C18H16ClN5O5S3. The van der Waals surface area contributed by atoms with E-state index in [2.05, 4.69) is 15.5 Å². The highest BCUT2D eigenvalue weighted by Gasteiger charge is 2.54. The Morgan fingerprint density at radius 3 is 2.75 bits per heavy atom. The second-order valence-electron chi connectivity index (χ2n) is 7.06. The zero-order chi connectivity index (χ0) is 23.2. The number of nitrogens with zero attached hydrogens (tertiary/aromatic N) is 3. The van der Waals surface area contributed by atoms with Crippen molar-refractivity contribution in [1.29, 1.82) is 0 Å². The van der Waals surface area contributed by atoms with Crippen molar-refractivity contribution in [2.45, 2.75) is 42.1 Å². The molecule has 0 aliphatic carbocycles. The summed E-state index contributed by atoms with van der Waals surface area (Å²) < 4.78 is 0.995. The molecule has 1 fully saturated rings. The van der Waals surface area contributed by atoms with Crippen molar-refractivity contribution in [2.75, 3.05) is 5.73 Å². The van der Waals surface area contributed by atoms with E-state index in [4.69, 9.17) is 17.3 Å². The van der Waals surface area contributed by atoms with E-state index in [0.717, 1.165) is 20.4 Å². The summed E-state index contributed by atoms with van der Waals surface area (Å²) in [5, 5.41) is 15.1. The lowest BCUT2D eigenvalue weighted by Gasteiger charge is -2.50. The fourth-order valence-corrected chi connectivity index (χ4v) is 6.97. The predicted octanol–water partition coefficient (Wildman–Crippen LogP) is 3.13. The number of rotatable bonds is 7. The molecule has 32 heavy (non-hydrogen) atoms. The number of aromatic nitrogens is 1. The van der Waals surface area contributed by atoms with Crippen molar-refractivity contribution >= 4 is 69.0 Å². The molecule has 4 N–H and O–H groups in total. The number of aryl methyl sites for hydroxylation is 1. The average molecular weight is 514 g/mol. The first-order valence-corrected chi connectivity index (χ1v) is 12.1. The number of nitrogen functional groups attached to an aromatic ring is 1. The number of allylic oxidation sites excluding steroid dienone is 1.